The molecule has 0 spiro atoms. The van der Waals surface area contributed by atoms with Crippen molar-refractivity contribution in [1.29, 1.82) is 0 Å². The lowest BCUT2D eigenvalue weighted by Gasteiger charge is -2.44. The maximum atomic E-state index is 7.25. The summed E-state index contributed by atoms with van der Waals surface area (Å²) in [4.78, 5) is 4.91. The van der Waals surface area contributed by atoms with Crippen LogP contribution in [0.15, 0.2) is 260 Å². The minimum absolute atomic E-state index is 0.0129. The van der Waals surface area contributed by atoms with Gasteiger partial charge in [-0.05, 0) is 104 Å². The van der Waals surface area contributed by atoms with E-state index in [4.69, 9.17) is 9.47 Å². The monoisotopic (exact) mass is 922 g/mol. The molecule has 5 heteroatoms. The first kappa shape index (κ1) is 41.9. The molecule has 10 aromatic carbocycles. The molecule has 2 unspecified atom stereocenters. The van der Waals surface area contributed by atoms with E-state index >= 15 is 0 Å². The Kier molecular flexibility index (Phi) is 9.78. The number of ether oxygens (including phenoxy) is 2. The van der Waals surface area contributed by atoms with Crippen LogP contribution in [0, 0.1) is 18.8 Å². The number of rotatable bonds is 8. The highest BCUT2D eigenvalue weighted by Gasteiger charge is 2.49. The first-order chi connectivity index (χ1) is 35.6. The van der Waals surface area contributed by atoms with Crippen LogP contribution in [0.2, 0.25) is 0 Å². The molecule has 0 bridgehead atoms. The number of benzene rings is 10. The number of hydrogen-bond acceptors (Lipinski definition) is 4. The van der Waals surface area contributed by atoms with Gasteiger partial charge in [-0.15, -0.1) is 0 Å². The van der Waals surface area contributed by atoms with Crippen molar-refractivity contribution in [3.05, 3.63) is 271 Å². The highest BCUT2D eigenvalue weighted by molar-refractivity contribution is 6.95. The van der Waals surface area contributed by atoms with Gasteiger partial charge in [0.2, 0.25) is 0 Å². The molecule has 0 N–H and O–H groups in total. The van der Waals surface area contributed by atoms with Crippen LogP contribution < -0.4 is 30.2 Å². The molecule has 0 radical (unpaired) electrons. The zero-order chi connectivity index (χ0) is 47.9. The van der Waals surface area contributed by atoms with Crippen LogP contribution in [0.5, 0.6) is 17.2 Å². The number of allylic oxidation sites excluding steroid dienone is 8. The number of fused-ring (bicyclic) bond motifs is 11. The van der Waals surface area contributed by atoms with Gasteiger partial charge in [-0.1, -0.05) is 189 Å². The van der Waals surface area contributed by atoms with Crippen molar-refractivity contribution in [1.82, 2.24) is 0 Å². The van der Waals surface area contributed by atoms with Gasteiger partial charge in [-0.3, -0.25) is 0 Å². The zero-order valence-electron chi connectivity index (χ0n) is 39.7. The Labute approximate surface area is 419 Å². The van der Waals surface area contributed by atoms with E-state index < -0.39 is 0 Å². The number of aryl methyl sites for hydroxylation is 1. The molecule has 2 atom stereocenters. The fourth-order valence-electron chi connectivity index (χ4n) is 12.2. The molecule has 2 heterocycles. The Bertz CT molecular complexity index is 4050. The van der Waals surface area contributed by atoms with E-state index in [0.29, 0.717) is 0 Å². The molecule has 4 nitrogen and oxygen atoms in total. The van der Waals surface area contributed by atoms with Gasteiger partial charge in [-0.2, -0.15) is 0 Å². The summed E-state index contributed by atoms with van der Waals surface area (Å²) >= 11 is 0. The predicted octanol–water partition coefficient (Wildman–Crippen LogP) is 16.3. The average molecular weight is 923 g/mol. The van der Waals surface area contributed by atoms with Crippen LogP contribution >= 0.6 is 0 Å². The Morgan fingerprint density at radius 2 is 1.04 bits per heavy atom. The topological polar surface area (TPSA) is 24.9 Å². The van der Waals surface area contributed by atoms with Crippen LogP contribution in [-0.4, -0.2) is 6.71 Å². The summed E-state index contributed by atoms with van der Waals surface area (Å²) < 4.78 is 14.5. The van der Waals surface area contributed by atoms with Gasteiger partial charge in [0.25, 0.3) is 6.71 Å². The van der Waals surface area contributed by atoms with Crippen molar-refractivity contribution in [2.45, 2.75) is 6.92 Å². The Morgan fingerprint density at radius 3 is 1.76 bits per heavy atom. The van der Waals surface area contributed by atoms with Crippen molar-refractivity contribution in [2.75, 3.05) is 9.80 Å². The summed E-state index contributed by atoms with van der Waals surface area (Å²) in [5, 5.41) is 9.51. The molecule has 0 fully saturated rings. The third-order valence-corrected chi connectivity index (χ3v) is 15.3. The number of nitrogens with zero attached hydrogens (tertiary/aromatic N) is 2. The summed E-state index contributed by atoms with van der Waals surface area (Å²) in [5.74, 6) is 3.31. The molecule has 0 saturated heterocycles. The van der Waals surface area contributed by atoms with Crippen molar-refractivity contribution >= 4 is 95.2 Å². The lowest BCUT2D eigenvalue weighted by Crippen LogP contribution is -2.54. The molecule has 4 aliphatic rings. The first-order valence-corrected chi connectivity index (χ1v) is 24.9. The summed E-state index contributed by atoms with van der Waals surface area (Å²) in [7, 11) is 0. The predicted molar refractivity (Wildman–Crippen MR) is 303 cm³/mol. The largest absolute Gasteiger partial charge is 0.459 e. The standard InChI is InChI=1S/C67H47BN2O2/c1-3-4-22-44-39-57(51-31-15-13-28-48(51)43(44)2)69(46-24-7-5-8-25-46)59-41-63-65(55-35-19-17-33-53(55)59)68-66-56-36-20-18-34-54(56)60(42-64(66)72-62-38-21-37-61(71-63)67(62)68)70(47-26-9-6-10-27-47)58-40-45-23-11-12-29-49(45)50-30-14-16-32-52(50)58/h3-42,54,56H,1H2,2H3/b22-4-. The van der Waals surface area contributed by atoms with E-state index in [9.17, 15) is 0 Å². The minimum atomic E-state index is -0.156. The van der Waals surface area contributed by atoms with E-state index in [-0.39, 0.29) is 18.5 Å². The molecular weight excluding hydrogens is 876 g/mol. The maximum absolute atomic E-state index is 7.25. The van der Waals surface area contributed by atoms with Crippen molar-refractivity contribution in [3.8, 4) is 17.2 Å². The quantitative estimate of drug-likeness (QED) is 0.0861. The second kappa shape index (κ2) is 16.8. The molecular formula is C67H47BN2O2. The van der Waals surface area contributed by atoms with Crippen molar-refractivity contribution in [3.63, 3.8) is 0 Å². The molecule has 14 rings (SSSR count). The van der Waals surface area contributed by atoms with E-state index in [2.05, 4.69) is 254 Å². The van der Waals surface area contributed by atoms with Crippen molar-refractivity contribution in [2.24, 2.45) is 11.8 Å². The molecule has 2 aliphatic heterocycles. The van der Waals surface area contributed by atoms with E-state index in [0.717, 1.165) is 84.4 Å². The van der Waals surface area contributed by atoms with Gasteiger partial charge in [0.05, 0.1) is 17.1 Å². The normalized spacial score (nSPS) is 16.2. The number of hydrogen-bond donors (Lipinski definition) is 0. The Hall–Kier alpha value is -9.06. The fourth-order valence-corrected chi connectivity index (χ4v) is 12.2. The minimum Gasteiger partial charge on any atom is -0.459 e. The maximum Gasteiger partial charge on any atom is 0.257 e. The summed E-state index contributed by atoms with van der Waals surface area (Å²) in [5.41, 5.74) is 12.4. The van der Waals surface area contributed by atoms with Crippen LogP contribution in [0.1, 0.15) is 11.1 Å². The van der Waals surface area contributed by atoms with E-state index in [1.54, 1.807) is 0 Å². The molecule has 72 heavy (non-hydrogen) atoms. The molecule has 2 aliphatic carbocycles. The summed E-state index contributed by atoms with van der Waals surface area (Å²) in [6.45, 7) is 6.06. The third kappa shape index (κ3) is 6.47. The Balaban J connectivity index is 1.02. The second-order valence-corrected chi connectivity index (χ2v) is 19.1. The van der Waals surface area contributed by atoms with Gasteiger partial charge in [-0.25, -0.2) is 0 Å². The van der Waals surface area contributed by atoms with Gasteiger partial charge in [0.15, 0.2) is 0 Å². The van der Waals surface area contributed by atoms with Gasteiger partial charge in [0.1, 0.15) is 23.0 Å². The van der Waals surface area contributed by atoms with E-state index in [1.165, 1.54) is 43.4 Å². The third-order valence-electron chi connectivity index (χ3n) is 15.3. The Morgan fingerprint density at radius 1 is 0.486 bits per heavy atom. The molecule has 0 amide bonds. The van der Waals surface area contributed by atoms with Crippen LogP contribution in [-0.2, 0) is 0 Å². The van der Waals surface area contributed by atoms with Crippen molar-refractivity contribution < 1.29 is 9.47 Å². The lowest BCUT2D eigenvalue weighted by molar-refractivity contribution is 0.411. The lowest BCUT2D eigenvalue weighted by atomic mass is 9.31. The summed E-state index contributed by atoms with van der Waals surface area (Å²) in [6, 6.07) is 70.1. The van der Waals surface area contributed by atoms with Crippen LogP contribution in [0.3, 0.4) is 0 Å². The van der Waals surface area contributed by atoms with Gasteiger partial charge >= 0.3 is 0 Å². The van der Waals surface area contributed by atoms with Gasteiger partial charge < -0.3 is 19.3 Å². The highest BCUT2D eigenvalue weighted by atomic mass is 16.5. The fraction of sp³-hybridized carbons (Fsp3) is 0.0448. The highest BCUT2D eigenvalue weighted by Crippen LogP contribution is 2.52. The molecule has 10 aromatic rings. The first-order valence-electron chi connectivity index (χ1n) is 24.9. The van der Waals surface area contributed by atoms with E-state index in [1.807, 2.05) is 12.2 Å². The molecule has 0 saturated carbocycles. The second-order valence-electron chi connectivity index (χ2n) is 19.1. The SMILES string of the molecule is C=C/C=C\c1cc(N(c2ccccc2)c2cc3c(c4ccccc24)B2C4=C(C=C(N(c5ccccc5)c5cc6ccccc6c6ccccc56)C5C=CC=CC45)Oc4cccc(c42)O3)c2ccccc2c1C. The molecule has 340 valence electrons. The van der Waals surface area contributed by atoms with Crippen LogP contribution in [0.4, 0.5) is 28.4 Å². The van der Waals surface area contributed by atoms with Gasteiger partial charge in [0, 0.05) is 62.7 Å². The van der Waals surface area contributed by atoms with Crippen LogP contribution in [0.25, 0.3) is 49.2 Å². The average Bonchev–Trinajstić information content (AvgIpc) is 3.44. The smallest absolute Gasteiger partial charge is 0.257 e. The summed E-state index contributed by atoms with van der Waals surface area (Å²) in [6.07, 6.45) is 17.6. The molecule has 0 aromatic heterocycles. The zero-order valence-corrected chi connectivity index (χ0v) is 39.7. The number of para-hydroxylation sites is 2. The number of anilines is 5.